The average molecular weight is 226 g/mol. The molecule has 1 aromatic rings. The quantitative estimate of drug-likeness (QED) is 0.843. The minimum atomic E-state index is -0.404. The first-order valence-corrected chi connectivity index (χ1v) is 6.37. The maximum absolute atomic E-state index is 10.1. The molecule has 1 aromatic heterocycles. The number of hydrogen-bond acceptors (Lipinski definition) is 4. The predicted octanol–water partition coefficient (Wildman–Crippen LogP) is 2.64. The van der Waals surface area contributed by atoms with Gasteiger partial charge in [-0.3, -0.25) is 0 Å². The van der Waals surface area contributed by atoms with Crippen LogP contribution in [0.2, 0.25) is 0 Å². The van der Waals surface area contributed by atoms with E-state index in [2.05, 4.69) is 22.6 Å². The maximum Gasteiger partial charge on any atom is 0.103 e. The standard InChI is InChI=1S/C11H18N2OS/c1-7-3-4-9(5-8(7)2)11(14)10-6-12-15-13-10/h6-9,11,14H,3-5H2,1-2H3. The predicted molar refractivity (Wildman–Crippen MR) is 60.5 cm³/mol. The lowest BCUT2D eigenvalue weighted by Crippen LogP contribution is -2.25. The Morgan fingerprint density at radius 2 is 2.20 bits per heavy atom. The van der Waals surface area contributed by atoms with Crippen molar-refractivity contribution in [2.45, 2.75) is 39.2 Å². The summed E-state index contributed by atoms with van der Waals surface area (Å²) in [4.78, 5) is 0. The van der Waals surface area contributed by atoms with Crippen LogP contribution in [0.1, 0.15) is 44.9 Å². The molecule has 4 unspecified atom stereocenters. The molecular weight excluding hydrogens is 208 g/mol. The van der Waals surface area contributed by atoms with E-state index in [1.165, 1.54) is 18.1 Å². The third kappa shape index (κ3) is 2.37. The van der Waals surface area contributed by atoms with Crippen molar-refractivity contribution in [3.05, 3.63) is 11.9 Å². The average Bonchev–Trinajstić information content (AvgIpc) is 2.74. The maximum atomic E-state index is 10.1. The van der Waals surface area contributed by atoms with Crippen LogP contribution in [0.3, 0.4) is 0 Å². The fourth-order valence-corrected chi connectivity index (χ4v) is 2.87. The van der Waals surface area contributed by atoms with Crippen molar-refractivity contribution in [3.63, 3.8) is 0 Å². The molecule has 0 bridgehead atoms. The Labute approximate surface area is 94.9 Å². The Balaban J connectivity index is 2.00. The monoisotopic (exact) mass is 226 g/mol. The molecule has 1 heterocycles. The smallest absolute Gasteiger partial charge is 0.103 e. The van der Waals surface area contributed by atoms with Gasteiger partial charge in [0.1, 0.15) is 11.8 Å². The first kappa shape index (κ1) is 11.0. The Kier molecular flexibility index (Phi) is 3.36. The molecular formula is C11H18N2OS. The summed E-state index contributed by atoms with van der Waals surface area (Å²) in [5.74, 6) is 1.88. The van der Waals surface area contributed by atoms with Crippen LogP contribution in [0.4, 0.5) is 0 Å². The summed E-state index contributed by atoms with van der Waals surface area (Å²) in [6.07, 6.45) is 4.74. The van der Waals surface area contributed by atoms with Gasteiger partial charge in [0, 0.05) is 0 Å². The van der Waals surface area contributed by atoms with Crippen LogP contribution < -0.4 is 0 Å². The van der Waals surface area contributed by atoms with Crippen LogP contribution in [-0.2, 0) is 0 Å². The molecule has 0 saturated heterocycles. The number of rotatable bonds is 2. The Bertz CT molecular complexity index is 302. The SMILES string of the molecule is CC1CCC(C(O)c2cnsn2)CC1C. The number of aliphatic hydroxyl groups is 1. The van der Waals surface area contributed by atoms with Gasteiger partial charge in [-0.15, -0.1) is 0 Å². The normalized spacial score (nSPS) is 33.9. The second-order valence-corrected chi connectivity index (χ2v) is 5.36. The molecule has 0 amide bonds. The highest BCUT2D eigenvalue weighted by Gasteiger charge is 2.30. The van der Waals surface area contributed by atoms with E-state index in [4.69, 9.17) is 0 Å². The molecule has 1 fully saturated rings. The molecule has 0 aliphatic heterocycles. The number of aliphatic hydroxyl groups excluding tert-OH is 1. The lowest BCUT2D eigenvalue weighted by molar-refractivity contribution is 0.0537. The van der Waals surface area contributed by atoms with Gasteiger partial charge in [-0.1, -0.05) is 20.3 Å². The Hall–Kier alpha value is -0.480. The Morgan fingerprint density at radius 1 is 1.40 bits per heavy atom. The van der Waals surface area contributed by atoms with Crippen molar-refractivity contribution in [1.82, 2.24) is 8.75 Å². The lowest BCUT2D eigenvalue weighted by Gasteiger charge is -2.34. The van der Waals surface area contributed by atoms with Crippen LogP contribution in [0, 0.1) is 17.8 Å². The molecule has 0 aromatic carbocycles. The molecule has 15 heavy (non-hydrogen) atoms. The van der Waals surface area contributed by atoms with Gasteiger partial charge in [0.25, 0.3) is 0 Å². The van der Waals surface area contributed by atoms with Gasteiger partial charge in [0.15, 0.2) is 0 Å². The molecule has 4 atom stereocenters. The highest BCUT2D eigenvalue weighted by Crippen LogP contribution is 2.39. The molecule has 84 valence electrons. The van der Waals surface area contributed by atoms with E-state index in [1.807, 2.05) is 0 Å². The zero-order chi connectivity index (χ0) is 10.8. The zero-order valence-corrected chi connectivity index (χ0v) is 10.1. The molecule has 1 aliphatic carbocycles. The summed E-state index contributed by atoms with van der Waals surface area (Å²) in [6, 6.07) is 0. The largest absolute Gasteiger partial charge is 0.386 e. The molecule has 0 radical (unpaired) electrons. The summed E-state index contributed by atoms with van der Waals surface area (Å²) in [5.41, 5.74) is 0.756. The zero-order valence-electron chi connectivity index (χ0n) is 9.26. The van der Waals surface area contributed by atoms with Crippen molar-refractivity contribution in [3.8, 4) is 0 Å². The molecule has 2 rings (SSSR count). The van der Waals surface area contributed by atoms with E-state index >= 15 is 0 Å². The summed E-state index contributed by atoms with van der Waals surface area (Å²) < 4.78 is 8.06. The summed E-state index contributed by atoms with van der Waals surface area (Å²) in [6.45, 7) is 4.58. The van der Waals surface area contributed by atoms with Crippen molar-refractivity contribution in [1.29, 1.82) is 0 Å². The van der Waals surface area contributed by atoms with Crippen molar-refractivity contribution < 1.29 is 5.11 Å². The van der Waals surface area contributed by atoms with Crippen LogP contribution in [-0.4, -0.2) is 13.9 Å². The third-order valence-corrected chi connectivity index (χ3v) is 4.26. The van der Waals surface area contributed by atoms with E-state index < -0.39 is 6.10 Å². The van der Waals surface area contributed by atoms with Crippen molar-refractivity contribution in [2.24, 2.45) is 17.8 Å². The Morgan fingerprint density at radius 3 is 2.80 bits per heavy atom. The first-order valence-electron chi connectivity index (χ1n) is 5.64. The van der Waals surface area contributed by atoms with Crippen LogP contribution in [0.25, 0.3) is 0 Å². The van der Waals surface area contributed by atoms with Crippen LogP contribution in [0.5, 0.6) is 0 Å². The second kappa shape index (κ2) is 4.58. The van der Waals surface area contributed by atoms with Gasteiger partial charge in [0.2, 0.25) is 0 Å². The first-order chi connectivity index (χ1) is 7.18. The van der Waals surface area contributed by atoms with E-state index in [9.17, 15) is 5.11 Å². The topological polar surface area (TPSA) is 46.0 Å². The van der Waals surface area contributed by atoms with Gasteiger partial charge in [-0.05, 0) is 30.6 Å². The number of aromatic nitrogens is 2. The third-order valence-electron chi connectivity index (χ3n) is 3.77. The molecule has 1 N–H and O–H groups in total. The summed E-state index contributed by atoms with van der Waals surface area (Å²) >= 11 is 1.17. The number of hydrogen-bond donors (Lipinski definition) is 1. The van der Waals surface area contributed by atoms with E-state index in [0.717, 1.165) is 24.5 Å². The second-order valence-electron chi connectivity index (χ2n) is 4.80. The lowest BCUT2D eigenvalue weighted by atomic mass is 9.73. The highest BCUT2D eigenvalue weighted by atomic mass is 32.1. The molecule has 0 spiro atoms. The van der Waals surface area contributed by atoms with Gasteiger partial charge >= 0.3 is 0 Å². The summed E-state index contributed by atoms with van der Waals surface area (Å²) in [5, 5.41) is 10.1. The van der Waals surface area contributed by atoms with Gasteiger partial charge < -0.3 is 5.11 Å². The van der Waals surface area contributed by atoms with E-state index in [1.54, 1.807) is 6.20 Å². The summed E-state index contributed by atoms with van der Waals surface area (Å²) in [7, 11) is 0. The minimum absolute atomic E-state index is 0.375. The fourth-order valence-electron chi connectivity index (χ4n) is 2.42. The minimum Gasteiger partial charge on any atom is -0.386 e. The molecule has 1 aliphatic rings. The fraction of sp³-hybridized carbons (Fsp3) is 0.818. The molecule has 1 saturated carbocycles. The highest BCUT2D eigenvalue weighted by molar-refractivity contribution is 6.99. The van der Waals surface area contributed by atoms with Crippen LogP contribution in [0.15, 0.2) is 6.20 Å². The molecule has 4 heteroatoms. The van der Waals surface area contributed by atoms with Crippen molar-refractivity contribution >= 4 is 11.7 Å². The van der Waals surface area contributed by atoms with Crippen LogP contribution >= 0.6 is 11.7 Å². The number of nitrogens with zero attached hydrogens (tertiary/aromatic N) is 2. The molecule has 3 nitrogen and oxygen atoms in total. The van der Waals surface area contributed by atoms with E-state index in [-0.39, 0.29) is 0 Å². The van der Waals surface area contributed by atoms with Gasteiger partial charge in [-0.25, -0.2) is 0 Å². The van der Waals surface area contributed by atoms with Gasteiger partial charge in [0.05, 0.1) is 17.9 Å². The van der Waals surface area contributed by atoms with Crippen molar-refractivity contribution in [2.75, 3.05) is 0 Å². The van der Waals surface area contributed by atoms with E-state index in [0.29, 0.717) is 11.8 Å². The van der Waals surface area contributed by atoms with Gasteiger partial charge in [-0.2, -0.15) is 8.75 Å².